The molecule has 0 fully saturated rings. The number of nitrogens with one attached hydrogen (secondary N) is 1. The summed E-state index contributed by atoms with van der Waals surface area (Å²) in [6.45, 7) is 0. The summed E-state index contributed by atoms with van der Waals surface area (Å²) in [5, 5.41) is 15.4. The van der Waals surface area contributed by atoms with Crippen LogP contribution in [0.2, 0.25) is 0 Å². The number of hydrogen-bond donors (Lipinski definition) is 1. The Labute approximate surface area is 157 Å². The van der Waals surface area contributed by atoms with Crippen LogP contribution in [0.5, 0.6) is 0 Å². The van der Waals surface area contributed by atoms with Crippen LogP contribution in [0.25, 0.3) is 10.8 Å². The number of nitriles is 1. The van der Waals surface area contributed by atoms with Gasteiger partial charge in [0, 0.05) is 24.0 Å². The van der Waals surface area contributed by atoms with E-state index in [0.717, 1.165) is 0 Å². The summed E-state index contributed by atoms with van der Waals surface area (Å²) in [5.74, 6) is 0.168. The van der Waals surface area contributed by atoms with Gasteiger partial charge in [-0.2, -0.15) is 5.26 Å². The molecule has 3 nitrogen and oxygen atoms in total. The number of hydrogen-bond acceptors (Lipinski definition) is 3. The minimum atomic E-state index is 0.127. The van der Waals surface area contributed by atoms with E-state index in [9.17, 15) is 0 Å². The van der Waals surface area contributed by atoms with Gasteiger partial charge >= 0.3 is 0 Å². The van der Waals surface area contributed by atoms with Crippen LogP contribution >= 0.6 is 0 Å². The Morgan fingerprint density at radius 1 is 0.815 bits per heavy atom. The lowest BCUT2D eigenvalue weighted by Crippen LogP contribution is -2.13. The van der Waals surface area contributed by atoms with Gasteiger partial charge in [-0.3, -0.25) is 4.98 Å². The van der Waals surface area contributed by atoms with E-state index in [-0.39, 0.29) is 12.0 Å². The Balaban J connectivity index is 1.74. The van der Waals surface area contributed by atoms with Gasteiger partial charge in [0.2, 0.25) is 0 Å². The second-order valence-corrected chi connectivity index (χ2v) is 6.86. The number of fused-ring (bicyclic) bond motifs is 3. The first kappa shape index (κ1) is 15.6. The Morgan fingerprint density at radius 3 is 2.37 bits per heavy atom. The maximum absolute atomic E-state index is 9.15. The molecular weight excluding hydrogens is 330 g/mol. The summed E-state index contributed by atoms with van der Waals surface area (Å²) >= 11 is 0. The molecule has 3 heteroatoms. The predicted octanol–water partition coefficient (Wildman–Crippen LogP) is 5.41. The van der Waals surface area contributed by atoms with E-state index >= 15 is 0 Å². The average Bonchev–Trinajstić information content (AvgIpc) is 3.14. The van der Waals surface area contributed by atoms with Gasteiger partial charge in [-0.05, 0) is 57.8 Å². The van der Waals surface area contributed by atoms with Crippen LogP contribution in [0.15, 0.2) is 85.2 Å². The molecule has 27 heavy (non-hydrogen) atoms. The third-order valence-corrected chi connectivity index (χ3v) is 5.39. The van der Waals surface area contributed by atoms with E-state index in [1.807, 2.05) is 24.5 Å². The Kier molecular flexibility index (Phi) is 3.62. The minimum absolute atomic E-state index is 0.127. The van der Waals surface area contributed by atoms with Crippen LogP contribution < -0.4 is 5.32 Å². The highest BCUT2D eigenvalue weighted by molar-refractivity contribution is 5.93. The first-order valence-corrected chi connectivity index (χ1v) is 9.03. The van der Waals surface area contributed by atoms with Crippen molar-refractivity contribution in [3.05, 3.63) is 107 Å². The maximum atomic E-state index is 9.15. The van der Waals surface area contributed by atoms with Crippen LogP contribution in [-0.2, 0) is 0 Å². The Morgan fingerprint density at radius 2 is 1.59 bits per heavy atom. The van der Waals surface area contributed by atoms with Gasteiger partial charge in [0.25, 0.3) is 0 Å². The number of rotatable bonds is 2. The van der Waals surface area contributed by atoms with Crippen molar-refractivity contribution in [2.75, 3.05) is 5.32 Å². The van der Waals surface area contributed by atoms with E-state index in [4.69, 9.17) is 5.26 Å². The fraction of sp³-hybridized carbons (Fsp3) is 0.0833. The molecule has 2 atom stereocenters. The van der Waals surface area contributed by atoms with Gasteiger partial charge in [-0.25, -0.2) is 0 Å². The first-order valence-electron chi connectivity index (χ1n) is 9.03. The van der Waals surface area contributed by atoms with Gasteiger partial charge in [-0.15, -0.1) is 0 Å². The molecule has 0 radical (unpaired) electrons. The second-order valence-electron chi connectivity index (χ2n) is 6.86. The molecule has 2 heterocycles. The van der Waals surface area contributed by atoms with Crippen molar-refractivity contribution in [3.8, 4) is 6.07 Å². The van der Waals surface area contributed by atoms with Gasteiger partial charge in [0.15, 0.2) is 0 Å². The summed E-state index contributed by atoms with van der Waals surface area (Å²) in [4.78, 5) is 4.17. The average molecular weight is 347 g/mol. The van der Waals surface area contributed by atoms with Gasteiger partial charge in [0.1, 0.15) is 0 Å². The highest BCUT2D eigenvalue weighted by Gasteiger charge is 2.35. The molecule has 0 amide bonds. The topological polar surface area (TPSA) is 48.7 Å². The fourth-order valence-corrected chi connectivity index (χ4v) is 4.14. The molecular formula is C24H17N3. The third-order valence-electron chi connectivity index (χ3n) is 5.39. The third kappa shape index (κ3) is 2.54. The highest BCUT2D eigenvalue weighted by atomic mass is 15.0. The molecule has 1 aliphatic rings. The van der Waals surface area contributed by atoms with E-state index in [1.54, 1.807) is 0 Å². The number of pyridine rings is 1. The molecule has 5 rings (SSSR count). The normalized spacial score (nSPS) is 17.9. The summed E-state index contributed by atoms with van der Waals surface area (Å²) in [7, 11) is 0. The van der Waals surface area contributed by atoms with Crippen molar-refractivity contribution in [1.29, 1.82) is 5.26 Å². The monoisotopic (exact) mass is 347 g/mol. The molecule has 0 spiro atoms. The second kappa shape index (κ2) is 6.26. The van der Waals surface area contributed by atoms with Crippen molar-refractivity contribution in [2.45, 2.75) is 12.0 Å². The van der Waals surface area contributed by atoms with Gasteiger partial charge < -0.3 is 5.32 Å². The molecule has 0 saturated carbocycles. The lowest BCUT2D eigenvalue weighted by Gasteiger charge is -2.22. The SMILES string of the molecule is N#Cc1ccc([C@H]2c3c(ccc4ccccc34)N[C@@H]2c2ccncc2)cc1. The number of nitrogens with zero attached hydrogens (tertiary/aromatic N) is 2. The molecule has 1 aromatic heterocycles. The summed E-state index contributed by atoms with van der Waals surface area (Å²) in [5.41, 5.74) is 5.59. The fourth-order valence-electron chi connectivity index (χ4n) is 4.14. The zero-order valence-electron chi connectivity index (χ0n) is 14.6. The molecule has 0 saturated heterocycles. The van der Waals surface area contributed by atoms with Crippen molar-refractivity contribution < 1.29 is 0 Å². The lowest BCUT2D eigenvalue weighted by molar-refractivity contribution is 0.715. The van der Waals surface area contributed by atoms with Crippen LogP contribution in [0.3, 0.4) is 0 Å². The summed E-state index contributed by atoms with van der Waals surface area (Å²) in [6, 6.07) is 27.3. The predicted molar refractivity (Wildman–Crippen MR) is 108 cm³/mol. The van der Waals surface area contributed by atoms with Crippen molar-refractivity contribution in [2.24, 2.45) is 0 Å². The van der Waals surface area contributed by atoms with Crippen LogP contribution in [0.1, 0.15) is 34.2 Å². The molecule has 3 aromatic carbocycles. The lowest BCUT2D eigenvalue weighted by atomic mass is 9.82. The maximum Gasteiger partial charge on any atom is 0.0991 e. The van der Waals surface area contributed by atoms with Crippen molar-refractivity contribution in [1.82, 2.24) is 4.98 Å². The summed E-state index contributed by atoms with van der Waals surface area (Å²) in [6.07, 6.45) is 3.68. The highest BCUT2D eigenvalue weighted by Crippen LogP contribution is 2.50. The van der Waals surface area contributed by atoms with Crippen LogP contribution in [0, 0.1) is 11.3 Å². The quantitative estimate of drug-likeness (QED) is 0.528. The largest absolute Gasteiger partial charge is 0.377 e. The Bertz CT molecular complexity index is 1160. The zero-order valence-corrected chi connectivity index (χ0v) is 14.6. The van der Waals surface area contributed by atoms with Gasteiger partial charge in [0.05, 0.1) is 17.7 Å². The molecule has 1 aliphatic heterocycles. The smallest absolute Gasteiger partial charge is 0.0991 e. The number of benzene rings is 3. The van der Waals surface area contributed by atoms with E-state index < -0.39 is 0 Å². The molecule has 0 aliphatic carbocycles. The van der Waals surface area contributed by atoms with E-state index in [2.05, 4.69) is 77.0 Å². The molecule has 0 bridgehead atoms. The van der Waals surface area contributed by atoms with E-state index in [0.29, 0.717) is 5.56 Å². The van der Waals surface area contributed by atoms with Crippen LogP contribution in [0.4, 0.5) is 5.69 Å². The number of aromatic nitrogens is 1. The minimum Gasteiger partial charge on any atom is -0.377 e. The Hall–Kier alpha value is -3.64. The zero-order chi connectivity index (χ0) is 18.2. The summed E-state index contributed by atoms with van der Waals surface area (Å²) < 4.78 is 0. The first-order chi connectivity index (χ1) is 13.3. The molecule has 128 valence electrons. The molecule has 1 N–H and O–H groups in total. The van der Waals surface area contributed by atoms with Crippen molar-refractivity contribution in [3.63, 3.8) is 0 Å². The van der Waals surface area contributed by atoms with E-state index in [1.165, 1.54) is 33.2 Å². The molecule has 0 unspecified atom stereocenters. The number of anilines is 1. The molecule has 4 aromatic rings. The van der Waals surface area contributed by atoms with Crippen molar-refractivity contribution >= 4 is 16.5 Å². The standard InChI is InChI=1S/C24H17N3/c25-15-16-5-7-18(8-6-16)22-23-20-4-2-1-3-17(20)9-10-21(23)27-24(22)19-11-13-26-14-12-19/h1-14,22,24,27H/t22-,24+/m0/s1. The van der Waals surface area contributed by atoms with Crippen LogP contribution in [-0.4, -0.2) is 4.98 Å². The van der Waals surface area contributed by atoms with Gasteiger partial charge in [-0.1, -0.05) is 42.5 Å².